The minimum absolute atomic E-state index is 0.167. The maximum Gasteiger partial charge on any atom is 0.321 e. The van der Waals surface area contributed by atoms with E-state index < -0.39 is 5.91 Å². The van der Waals surface area contributed by atoms with E-state index in [9.17, 15) is 9.59 Å². The summed E-state index contributed by atoms with van der Waals surface area (Å²) in [6.45, 7) is 1.15. The van der Waals surface area contributed by atoms with Crippen LogP contribution in [0.3, 0.4) is 0 Å². The molecule has 1 aliphatic heterocycles. The monoisotopic (exact) mass is 413 g/mol. The van der Waals surface area contributed by atoms with Crippen molar-refractivity contribution in [1.82, 2.24) is 25.5 Å². The first-order valence-electron chi connectivity index (χ1n) is 8.64. The molecule has 0 radical (unpaired) electrons. The number of hydrogen-bond acceptors (Lipinski definition) is 6. The Bertz CT molecular complexity index is 1070. The number of aromatic nitrogens is 4. The number of amides is 3. The highest BCUT2D eigenvalue weighted by atomic mass is 35.5. The van der Waals surface area contributed by atoms with E-state index in [0.717, 1.165) is 0 Å². The Kier molecular flexibility index (Phi) is 5.00. The first kappa shape index (κ1) is 18.7. The maximum atomic E-state index is 12.9. The van der Waals surface area contributed by atoms with Crippen molar-refractivity contribution >= 4 is 34.9 Å². The van der Waals surface area contributed by atoms with Crippen LogP contribution in [0.5, 0.6) is 5.75 Å². The Morgan fingerprint density at radius 3 is 2.86 bits per heavy atom. The van der Waals surface area contributed by atoms with Gasteiger partial charge < -0.3 is 15.4 Å². The lowest BCUT2D eigenvalue weighted by atomic mass is 10.1. The Balaban J connectivity index is 1.60. The van der Waals surface area contributed by atoms with Crippen molar-refractivity contribution in [2.24, 2.45) is 0 Å². The largest absolute Gasteiger partial charge is 0.496 e. The summed E-state index contributed by atoms with van der Waals surface area (Å²) >= 11 is 6.32. The summed E-state index contributed by atoms with van der Waals surface area (Å²) in [5.41, 5.74) is 1.96. The summed E-state index contributed by atoms with van der Waals surface area (Å²) in [5.74, 6) is -0.0949. The molecule has 0 unspecified atom stereocenters. The van der Waals surface area contributed by atoms with Crippen LogP contribution in [0.2, 0.25) is 5.02 Å². The average Bonchev–Trinajstić information content (AvgIpc) is 3.39. The zero-order valence-electron chi connectivity index (χ0n) is 15.3. The first-order chi connectivity index (χ1) is 14.1. The Morgan fingerprint density at radius 1 is 1.31 bits per heavy atom. The van der Waals surface area contributed by atoms with E-state index in [1.807, 2.05) is 0 Å². The van der Waals surface area contributed by atoms with E-state index in [2.05, 4.69) is 26.2 Å². The number of carbonyl (C=O) groups is 2. The van der Waals surface area contributed by atoms with Crippen LogP contribution in [0.1, 0.15) is 10.4 Å². The van der Waals surface area contributed by atoms with Crippen LogP contribution < -0.4 is 20.3 Å². The van der Waals surface area contributed by atoms with Crippen LogP contribution in [0, 0.1) is 0 Å². The number of tetrazole rings is 1. The van der Waals surface area contributed by atoms with Gasteiger partial charge in [0.1, 0.15) is 12.1 Å². The van der Waals surface area contributed by atoms with E-state index in [1.165, 1.54) is 24.2 Å². The van der Waals surface area contributed by atoms with Crippen molar-refractivity contribution in [3.05, 3.63) is 53.3 Å². The predicted molar refractivity (Wildman–Crippen MR) is 106 cm³/mol. The summed E-state index contributed by atoms with van der Waals surface area (Å²) in [5, 5.41) is 16.8. The quantitative estimate of drug-likeness (QED) is 0.662. The van der Waals surface area contributed by atoms with Crippen molar-refractivity contribution in [1.29, 1.82) is 0 Å². The highest BCUT2D eigenvalue weighted by molar-refractivity contribution is 6.33. The lowest BCUT2D eigenvalue weighted by Gasteiger charge is -2.16. The molecular weight excluding hydrogens is 398 g/mol. The number of benzene rings is 2. The third-order valence-corrected chi connectivity index (χ3v) is 4.68. The fraction of sp³-hybridized carbons (Fsp3) is 0.167. The molecule has 1 aromatic heterocycles. The molecule has 1 saturated heterocycles. The summed E-state index contributed by atoms with van der Waals surface area (Å²) < 4.78 is 6.73. The molecule has 0 atom stereocenters. The zero-order valence-corrected chi connectivity index (χ0v) is 16.1. The molecule has 3 aromatic rings. The van der Waals surface area contributed by atoms with Gasteiger partial charge in [-0.3, -0.25) is 9.69 Å². The van der Waals surface area contributed by atoms with Crippen molar-refractivity contribution in [3.63, 3.8) is 0 Å². The molecule has 0 saturated carbocycles. The van der Waals surface area contributed by atoms with Gasteiger partial charge in [0.05, 0.1) is 23.4 Å². The molecular formula is C18H16ClN7O3. The number of halogens is 1. The van der Waals surface area contributed by atoms with Gasteiger partial charge in [0.2, 0.25) is 0 Å². The smallest absolute Gasteiger partial charge is 0.321 e. The SMILES string of the molecule is COc1cc(-n2cnnn2)c(Cl)cc1C(=O)Nc1cccc(N2CCNC2=O)c1. The zero-order chi connectivity index (χ0) is 20.4. The lowest BCUT2D eigenvalue weighted by molar-refractivity contribution is 0.102. The molecule has 11 heteroatoms. The van der Waals surface area contributed by atoms with Crippen LogP contribution in [-0.4, -0.2) is 52.3 Å². The molecule has 0 spiro atoms. The standard InChI is InChI=1S/C18H16ClN7O3/c1-29-16-9-15(26-10-21-23-24-26)14(19)8-13(16)17(27)22-11-3-2-4-12(7-11)25-6-5-20-18(25)28/h2-4,7-10H,5-6H2,1H3,(H,20,28)(H,22,27). The van der Waals surface area contributed by atoms with Crippen LogP contribution in [0.25, 0.3) is 5.69 Å². The number of methoxy groups -OCH3 is 1. The summed E-state index contributed by atoms with van der Waals surface area (Å²) in [7, 11) is 1.45. The summed E-state index contributed by atoms with van der Waals surface area (Å²) in [4.78, 5) is 26.3. The molecule has 2 N–H and O–H groups in total. The van der Waals surface area contributed by atoms with Gasteiger partial charge in [-0.05, 0) is 34.7 Å². The number of carbonyl (C=O) groups excluding carboxylic acids is 2. The lowest BCUT2D eigenvalue weighted by Crippen LogP contribution is -2.27. The molecule has 4 rings (SSSR count). The van der Waals surface area contributed by atoms with E-state index in [4.69, 9.17) is 16.3 Å². The molecule has 2 aromatic carbocycles. The minimum Gasteiger partial charge on any atom is -0.496 e. The fourth-order valence-electron chi connectivity index (χ4n) is 3.00. The maximum absolute atomic E-state index is 12.9. The third kappa shape index (κ3) is 3.69. The molecule has 0 aliphatic carbocycles. The number of hydrogen-bond donors (Lipinski definition) is 2. The first-order valence-corrected chi connectivity index (χ1v) is 9.02. The number of ether oxygens (including phenoxy) is 1. The second-order valence-electron chi connectivity index (χ2n) is 6.15. The number of urea groups is 1. The van der Waals surface area contributed by atoms with E-state index in [1.54, 1.807) is 35.2 Å². The normalized spacial score (nSPS) is 13.3. The topological polar surface area (TPSA) is 114 Å². The van der Waals surface area contributed by atoms with Gasteiger partial charge in [-0.25, -0.2) is 4.79 Å². The Labute approximate surface area is 170 Å². The van der Waals surface area contributed by atoms with Crippen molar-refractivity contribution in [2.45, 2.75) is 0 Å². The average molecular weight is 414 g/mol. The number of anilines is 2. The Hall–Kier alpha value is -3.66. The highest BCUT2D eigenvalue weighted by Gasteiger charge is 2.22. The Morgan fingerprint density at radius 2 is 2.17 bits per heavy atom. The van der Waals surface area contributed by atoms with E-state index in [-0.39, 0.29) is 16.6 Å². The minimum atomic E-state index is -0.407. The second kappa shape index (κ2) is 7.76. The van der Waals surface area contributed by atoms with E-state index in [0.29, 0.717) is 35.9 Å². The molecule has 10 nitrogen and oxygen atoms in total. The van der Waals surface area contributed by atoms with Crippen LogP contribution >= 0.6 is 11.6 Å². The summed E-state index contributed by atoms with van der Waals surface area (Å²) in [6, 6.07) is 9.94. The molecule has 3 amide bonds. The highest BCUT2D eigenvalue weighted by Crippen LogP contribution is 2.30. The van der Waals surface area contributed by atoms with Gasteiger partial charge in [0.15, 0.2) is 0 Å². The van der Waals surface area contributed by atoms with Gasteiger partial charge in [-0.15, -0.1) is 5.10 Å². The number of rotatable bonds is 5. The van der Waals surface area contributed by atoms with Gasteiger partial charge in [0, 0.05) is 30.5 Å². The van der Waals surface area contributed by atoms with Gasteiger partial charge in [0.25, 0.3) is 5.91 Å². The van der Waals surface area contributed by atoms with Crippen molar-refractivity contribution in [2.75, 3.05) is 30.4 Å². The summed E-state index contributed by atoms with van der Waals surface area (Å²) in [6.07, 6.45) is 1.39. The van der Waals surface area contributed by atoms with Crippen LogP contribution in [-0.2, 0) is 0 Å². The van der Waals surface area contributed by atoms with E-state index >= 15 is 0 Å². The number of nitrogens with zero attached hydrogens (tertiary/aromatic N) is 5. The molecule has 1 fully saturated rings. The third-order valence-electron chi connectivity index (χ3n) is 4.38. The second-order valence-corrected chi connectivity index (χ2v) is 6.55. The molecule has 148 valence electrons. The van der Waals surface area contributed by atoms with Crippen molar-refractivity contribution < 1.29 is 14.3 Å². The fourth-order valence-corrected chi connectivity index (χ4v) is 3.25. The van der Waals surface area contributed by atoms with Gasteiger partial charge >= 0.3 is 6.03 Å². The molecule has 2 heterocycles. The predicted octanol–water partition coefficient (Wildman–Crippen LogP) is 2.11. The van der Waals surface area contributed by atoms with Crippen LogP contribution in [0.15, 0.2) is 42.7 Å². The molecule has 29 heavy (non-hydrogen) atoms. The van der Waals surface area contributed by atoms with Crippen LogP contribution in [0.4, 0.5) is 16.2 Å². The molecule has 1 aliphatic rings. The number of nitrogens with one attached hydrogen (secondary N) is 2. The molecule has 0 bridgehead atoms. The van der Waals surface area contributed by atoms with Gasteiger partial charge in [-0.2, -0.15) is 4.68 Å². The van der Waals surface area contributed by atoms with Gasteiger partial charge in [-0.1, -0.05) is 17.7 Å². The van der Waals surface area contributed by atoms with Crippen molar-refractivity contribution in [3.8, 4) is 11.4 Å².